The van der Waals surface area contributed by atoms with Crippen LogP contribution < -0.4 is 0 Å². The summed E-state index contributed by atoms with van der Waals surface area (Å²) < 4.78 is 1.82. The molecule has 1 aromatic heterocycles. The van der Waals surface area contributed by atoms with Crippen LogP contribution in [0.3, 0.4) is 0 Å². The van der Waals surface area contributed by atoms with Crippen molar-refractivity contribution in [3.63, 3.8) is 0 Å². The van der Waals surface area contributed by atoms with Crippen LogP contribution in [0, 0.1) is 0 Å². The van der Waals surface area contributed by atoms with E-state index in [9.17, 15) is 4.79 Å². The van der Waals surface area contributed by atoms with Gasteiger partial charge in [0.05, 0.1) is 17.1 Å². The normalized spacial score (nSPS) is 12.8. The van der Waals surface area contributed by atoms with Crippen molar-refractivity contribution < 1.29 is 9.90 Å². The summed E-state index contributed by atoms with van der Waals surface area (Å²) in [6.45, 7) is 4.23. The van der Waals surface area contributed by atoms with Gasteiger partial charge in [-0.2, -0.15) is 0 Å². The third kappa shape index (κ3) is 2.34. The lowest BCUT2D eigenvalue weighted by molar-refractivity contribution is 0.0697. The van der Waals surface area contributed by atoms with Gasteiger partial charge in [0.25, 0.3) is 0 Å². The molecule has 1 atom stereocenters. The first-order valence-corrected chi connectivity index (χ1v) is 6.21. The number of nitrogens with zero attached hydrogens (tertiary/aromatic N) is 3. The summed E-state index contributed by atoms with van der Waals surface area (Å²) in [6.07, 6.45) is 3.28. The third-order valence-electron chi connectivity index (χ3n) is 3.11. The molecule has 1 aromatic carbocycles. The molecule has 2 aromatic rings. The summed E-state index contributed by atoms with van der Waals surface area (Å²) in [5, 5.41) is 17.2. The molecule has 1 unspecified atom stereocenters. The lowest BCUT2D eigenvalue weighted by Crippen LogP contribution is -2.07. The lowest BCUT2D eigenvalue weighted by Gasteiger charge is -2.11. The molecule has 0 saturated heterocycles. The predicted octanol–water partition coefficient (Wildman–Crippen LogP) is 2.88. The zero-order valence-corrected chi connectivity index (χ0v) is 10.6. The zero-order chi connectivity index (χ0) is 13.1. The molecule has 5 heteroatoms. The van der Waals surface area contributed by atoms with Crippen molar-refractivity contribution in [2.45, 2.75) is 39.2 Å². The molecule has 0 amide bonds. The number of carbonyl (C=O) groups is 1. The molecule has 0 aliphatic rings. The Hall–Kier alpha value is -1.91. The van der Waals surface area contributed by atoms with Crippen LogP contribution in [-0.4, -0.2) is 26.1 Å². The first-order valence-electron chi connectivity index (χ1n) is 6.21. The van der Waals surface area contributed by atoms with E-state index >= 15 is 0 Å². The second-order valence-corrected chi connectivity index (χ2v) is 4.53. The van der Waals surface area contributed by atoms with E-state index in [4.69, 9.17) is 5.11 Å². The summed E-state index contributed by atoms with van der Waals surface area (Å²) in [6, 6.07) is 5.13. The minimum absolute atomic E-state index is 0.235. The Morgan fingerprint density at radius 2 is 2.28 bits per heavy atom. The third-order valence-corrected chi connectivity index (χ3v) is 3.11. The molecule has 0 radical (unpaired) electrons. The quantitative estimate of drug-likeness (QED) is 0.882. The number of aromatic carboxylic acids is 1. The predicted molar refractivity (Wildman–Crippen MR) is 68.7 cm³/mol. The van der Waals surface area contributed by atoms with E-state index in [0.717, 1.165) is 30.3 Å². The maximum atomic E-state index is 11.0. The van der Waals surface area contributed by atoms with Crippen LogP contribution in [0.2, 0.25) is 0 Å². The molecule has 0 spiro atoms. The van der Waals surface area contributed by atoms with Crippen LogP contribution in [0.5, 0.6) is 0 Å². The Bertz CT molecular complexity index is 562. The first kappa shape index (κ1) is 12.5. The Kier molecular flexibility index (Phi) is 3.60. The molecule has 2 rings (SSSR count). The van der Waals surface area contributed by atoms with Crippen molar-refractivity contribution in [3.05, 3.63) is 23.8 Å². The minimum atomic E-state index is -0.925. The number of rotatable bonds is 5. The van der Waals surface area contributed by atoms with E-state index in [0.29, 0.717) is 0 Å². The van der Waals surface area contributed by atoms with Gasteiger partial charge in [-0.3, -0.25) is 0 Å². The van der Waals surface area contributed by atoms with Gasteiger partial charge in [0.1, 0.15) is 5.52 Å². The number of unbranched alkanes of at least 4 members (excludes halogenated alkanes) is 1. The Balaban J connectivity index is 2.38. The summed E-state index contributed by atoms with van der Waals surface area (Å²) in [4.78, 5) is 11.0. The molecule has 5 nitrogen and oxygen atoms in total. The van der Waals surface area contributed by atoms with Gasteiger partial charge in [-0.25, -0.2) is 9.48 Å². The molecular formula is C13H17N3O2. The van der Waals surface area contributed by atoms with Crippen LogP contribution in [0.15, 0.2) is 18.2 Å². The van der Waals surface area contributed by atoms with Crippen molar-refractivity contribution in [2.75, 3.05) is 0 Å². The van der Waals surface area contributed by atoms with E-state index in [1.54, 1.807) is 18.2 Å². The van der Waals surface area contributed by atoms with Crippen LogP contribution in [0.1, 0.15) is 49.5 Å². The van der Waals surface area contributed by atoms with Gasteiger partial charge >= 0.3 is 5.97 Å². The maximum absolute atomic E-state index is 11.0. The largest absolute Gasteiger partial charge is 0.478 e. The monoisotopic (exact) mass is 247 g/mol. The van der Waals surface area contributed by atoms with E-state index in [1.807, 2.05) is 4.68 Å². The molecule has 0 aliphatic carbocycles. The van der Waals surface area contributed by atoms with Crippen molar-refractivity contribution >= 4 is 17.0 Å². The summed E-state index contributed by atoms with van der Waals surface area (Å²) in [5.41, 5.74) is 1.80. The van der Waals surface area contributed by atoms with E-state index < -0.39 is 5.97 Å². The number of hydrogen-bond acceptors (Lipinski definition) is 3. The zero-order valence-electron chi connectivity index (χ0n) is 10.6. The second kappa shape index (κ2) is 5.16. The summed E-state index contributed by atoms with van der Waals surface area (Å²) in [7, 11) is 0. The Labute approximate surface area is 105 Å². The lowest BCUT2D eigenvalue weighted by atomic mass is 10.1. The maximum Gasteiger partial charge on any atom is 0.335 e. The topological polar surface area (TPSA) is 68.0 Å². The van der Waals surface area contributed by atoms with E-state index in [-0.39, 0.29) is 11.6 Å². The summed E-state index contributed by atoms with van der Waals surface area (Å²) in [5.74, 6) is -0.925. The fraction of sp³-hybridized carbons (Fsp3) is 0.462. The SMILES string of the molecule is CCCCC(C)n1nnc2ccc(C(=O)O)cc21. The number of aromatic nitrogens is 3. The van der Waals surface area contributed by atoms with Gasteiger partial charge in [-0.05, 0) is 31.5 Å². The van der Waals surface area contributed by atoms with Gasteiger partial charge in [-0.15, -0.1) is 5.10 Å². The van der Waals surface area contributed by atoms with Gasteiger partial charge in [0.15, 0.2) is 0 Å². The first-order chi connectivity index (χ1) is 8.63. The highest BCUT2D eigenvalue weighted by atomic mass is 16.4. The smallest absolute Gasteiger partial charge is 0.335 e. The Morgan fingerprint density at radius 3 is 2.94 bits per heavy atom. The van der Waals surface area contributed by atoms with Gasteiger partial charge in [0, 0.05) is 0 Å². The van der Waals surface area contributed by atoms with Crippen LogP contribution in [0.25, 0.3) is 11.0 Å². The fourth-order valence-corrected chi connectivity index (χ4v) is 2.02. The Morgan fingerprint density at radius 1 is 1.50 bits per heavy atom. The molecular weight excluding hydrogens is 230 g/mol. The van der Waals surface area contributed by atoms with Crippen molar-refractivity contribution in [1.29, 1.82) is 0 Å². The minimum Gasteiger partial charge on any atom is -0.478 e. The number of carboxylic acid groups (broad SMARTS) is 1. The molecule has 0 bridgehead atoms. The highest BCUT2D eigenvalue weighted by Crippen LogP contribution is 2.20. The van der Waals surface area contributed by atoms with Crippen LogP contribution in [-0.2, 0) is 0 Å². The van der Waals surface area contributed by atoms with Gasteiger partial charge in [-0.1, -0.05) is 25.0 Å². The van der Waals surface area contributed by atoms with E-state index in [1.165, 1.54) is 0 Å². The van der Waals surface area contributed by atoms with Gasteiger partial charge in [0.2, 0.25) is 0 Å². The van der Waals surface area contributed by atoms with Crippen LogP contribution >= 0.6 is 0 Å². The number of benzene rings is 1. The van der Waals surface area contributed by atoms with Crippen LogP contribution in [0.4, 0.5) is 0 Å². The molecule has 1 N–H and O–H groups in total. The summed E-state index contributed by atoms with van der Waals surface area (Å²) >= 11 is 0. The number of carboxylic acids is 1. The molecule has 96 valence electrons. The second-order valence-electron chi connectivity index (χ2n) is 4.53. The standard InChI is InChI=1S/C13H17N3O2/c1-3-4-5-9(2)16-12-8-10(13(17)18)6-7-11(12)14-15-16/h6-9H,3-5H2,1-2H3,(H,17,18). The molecule has 0 fully saturated rings. The molecule has 0 aliphatic heterocycles. The number of hydrogen-bond donors (Lipinski definition) is 1. The van der Waals surface area contributed by atoms with Crippen molar-refractivity contribution in [3.8, 4) is 0 Å². The molecule has 0 saturated carbocycles. The van der Waals surface area contributed by atoms with Crippen molar-refractivity contribution in [2.24, 2.45) is 0 Å². The molecule has 18 heavy (non-hydrogen) atoms. The van der Waals surface area contributed by atoms with Crippen molar-refractivity contribution in [1.82, 2.24) is 15.0 Å². The molecule has 1 heterocycles. The highest BCUT2D eigenvalue weighted by Gasteiger charge is 2.13. The average Bonchev–Trinajstić information content (AvgIpc) is 2.78. The van der Waals surface area contributed by atoms with E-state index in [2.05, 4.69) is 24.2 Å². The fourth-order valence-electron chi connectivity index (χ4n) is 2.02. The highest BCUT2D eigenvalue weighted by molar-refractivity contribution is 5.92. The average molecular weight is 247 g/mol. The van der Waals surface area contributed by atoms with Gasteiger partial charge < -0.3 is 5.11 Å². The number of fused-ring (bicyclic) bond motifs is 1.